The summed E-state index contributed by atoms with van der Waals surface area (Å²) in [5.41, 5.74) is 4.26. The lowest BCUT2D eigenvalue weighted by atomic mass is 9.82. The lowest BCUT2D eigenvalue weighted by Crippen LogP contribution is -2.30. The molecule has 0 fully saturated rings. The summed E-state index contributed by atoms with van der Waals surface area (Å²) in [6, 6.07) is 0.133. The van der Waals surface area contributed by atoms with Gasteiger partial charge in [0.05, 0.1) is 0 Å². The van der Waals surface area contributed by atoms with Gasteiger partial charge in [-0.15, -0.1) is 0 Å². The average molecular weight is 236 g/mol. The number of rotatable bonds is 5. The maximum atomic E-state index is 5.61. The predicted octanol–water partition coefficient (Wildman–Crippen LogP) is 2.44. The molecule has 1 heterocycles. The van der Waals surface area contributed by atoms with Gasteiger partial charge in [-0.25, -0.2) is 9.97 Å². The van der Waals surface area contributed by atoms with Crippen LogP contribution in [0, 0.1) is 11.3 Å². The van der Waals surface area contributed by atoms with Crippen molar-refractivity contribution in [1.29, 1.82) is 0 Å². The number of nitrogens with zero attached hydrogens (tertiary/aromatic N) is 2. The summed E-state index contributed by atoms with van der Waals surface area (Å²) in [4.78, 5) is 8.06. The minimum atomic E-state index is 0.133. The largest absolute Gasteiger partial charge is 0.271 e. The smallest absolute Gasteiger partial charge is 0.115 e. The molecule has 0 aliphatic rings. The van der Waals surface area contributed by atoms with Crippen LogP contribution < -0.4 is 11.3 Å². The SMILES string of the molecule is CC(CC(NN)c1cncnc1)CC(C)(C)C. The molecule has 0 amide bonds. The van der Waals surface area contributed by atoms with Crippen molar-refractivity contribution in [3.63, 3.8) is 0 Å². The molecule has 17 heavy (non-hydrogen) atoms. The molecule has 4 heteroatoms. The van der Waals surface area contributed by atoms with E-state index in [1.165, 1.54) is 12.7 Å². The van der Waals surface area contributed by atoms with Gasteiger partial charge in [-0.1, -0.05) is 27.7 Å². The van der Waals surface area contributed by atoms with Gasteiger partial charge in [0.15, 0.2) is 0 Å². The van der Waals surface area contributed by atoms with Crippen LogP contribution in [0.4, 0.5) is 0 Å². The number of aromatic nitrogens is 2. The van der Waals surface area contributed by atoms with Crippen LogP contribution in [0.15, 0.2) is 18.7 Å². The lowest BCUT2D eigenvalue weighted by Gasteiger charge is -2.26. The summed E-state index contributed by atoms with van der Waals surface area (Å²) in [5, 5.41) is 0. The van der Waals surface area contributed by atoms with Crippen LogP contribution >= 0.6 is 0 Å². The van der Waals surface area contributed by atoms with Crippen molar-refractivity contribution >= 4 is 0 Å². The molecule has 0 saturated heterocycles. The molecular formula is C13H24N4. The van der Waals surface area contributed by atoms with Crippen LogP contribution in [0.2, 0.25) is 0 Å². The fraction of sp³-hybridized carbons (Fsp3) is 0.692. The highest BCUT2D eigenvalue weighted by atomic mass is 15.2. The standard InChI is InChI=1S/C13H24N4/c1-10(6-13(2,3)4)5-12(17-14)11-7-15-9-16-8-11/h7-10,12,17H,5-6,14H2,1-4H3. The fourth-order valence-corrected chi connectivity index (χ4v) is 2.32. The molecule has 1 aromatic rings. The molecule has 0 aromatic carbocycles. The van der Waals surface area contributed by atoms with Crippen LogP contribution in [0.3, 0.4) is 0 Å². The fourth-order valence-electron chi connectivity index (χ4n) is 2.32. The molecule has 0 aliphatic heterocycles. The minimum absolute atomic E-state index is 0.133. The first kappa shape index (κ1) is 14.1. The Labute approximate surface area is 104 Å². The highest BCUT2D eigenvalue weighted by Crippen LogP contribution is 2.29. The zero-order chi connectivity index (χ0) is 12.9. The zero-order valence-electron chi connectivity index (χ0n) is 11.3. The Kier molecular flexibility index (Phi) is 5.02. The highest BCUT2D eigenvalue weighted by molar-refractivity contribution is 5.08. The minimum Gasteiger partial charge on any atom is -0.271 e. The van der Waals surface area contributed by atoms with Gasteiger partial charge in [-0.05, 0) is 24.2 Å². The van der Waals surface area contributed by atoms with E-state index in [9.17, 15) is 0 Å². The second kappa shape index (κ2) is 6.07. The average Bonchev–Trinajstić information content (AvgIpc) is 2.24. The summed E-state index contributed by atoms with van der Waals surface area (Å²) in [6.45, 7) is 9.05. The van der Waals surface area contributed by atoms with Crippen LogP contribution in [0.5, 0.6) is 0 Å². The summed E-state index contributed by atoms with van der Waals surface area (Å²) in [7, 11) is 0. The van der Waals surface area contributed by atoms with Gasteiger partial charge in [-0.3, -0.25) is 11.3 Å². The number of hydrazine groups is 1. The number of nitrogens with two attached hydrogens (primary N) is 1. The molecular weight excluding hydrogens is 212 g/mol. The molecule has 3 N–H and O–H groups in total. The molecule has 0 spiro atoms. The van der Waals surface area contributed by atoms with Gasteiger partial charge in [-0.2, -0.15) is 0 Å². The molecule has 1 aromatic heterocycles. The summed E-state index contributed by atoms with van der Waals surface area (Å²) in [6.07, 6.45) is 7.36. The Hall–Kier alpha value is -1.00. The lowest BCUT2D eigenvalue weighted by molar-refractivity contribution is 0.276. The van der Waals surface area contributed by atoms with E-state index in [-0.39, 0.29) is 6.04 Å². The number of hydrogen-bond acceptors (Lipinski definition) is 4. The van der Waals surface area contributed by atoms with Gasteiger partial charge in [0.1, 0.15) is 6.33 Å². The van der Waals surface area contributed by atoms with Crippen LogP contribution in [0.1, 0.15) is 52.1 Å². The third-order valence-electron chi connectivity index (χ3n) is 2.78. The Morgan fingerprint density at radius 2 is 1.88 bits per heavy atom. The van der Waals surface area contributed by atoms with E-state index >= 15 is 0 Å². The van der Waals surface area contributed by atoms with Crippen LogP contribution in [0.25, 0.3) is 0 Å². The maximum Gasteiger partial charge on any atom is 0.115 e. The van der Waals surface area contributed by atoms with E-state index in [2.05, 4.69) is 43.1 Å². The quantitative estimate of drug-likeness (QED) is 0.609. The van der Waals surface area contributed by atoms with Crippen molar-refractivity contribution in [1.82, 2.24) is 15.4 Å². The first-order valence-electron chi connectivity index (χ1n) is 6.13. The van der Waals surface area contributed by atoms with E-state index in [0.717, 1.165) is 12.0 Å². The molecule has 0 aliphatic carbocycles. The first-order chi connectivity index (χ1) is 7.92. The van der Waals surface area contributed by atoms with Gasteiger partial charge >= 0.3 is 0 Å². The van der Waals surface area contributed by atoms with Gasteiger partial charge < -0.3 is 0 Å². The second-order valence-corrected chi connectivity index (χ2v) is 6.00. The van der Waals surface area contributed by atoms with Crippen molar-refractivity contribution in [3.05, 3.63) is 24.3 Å². The van der Waals surface area contributed by atoms with Crippen molar-refractivity contribution in [2.75, 3.05) is 0 Å². The molecule has 0 saturated carbocycles. The Balaban J connectivity index is 2.59. The van der Waals surface area contributed by atoms with Crippen molar-refractivity contribution in [2.24, 2.45) is 17.2 Å². The van der Waals surface area contributed by atoms with E-state index in [0.29, 0.717) is 11.3 Å². The molecule has 2 unspecified atom stereocenters. The van der Waals surface area contributed by atoms with Crippen molar-refractivity contribution in [2.45, 2.75) is 46.6 Å². The zero-order valence-corrected chi connectivity index (χ0v) is 11.3. The second-order valence-electron chi connectivity index (χ2n) is 6.00. The molecule has 96 valence electrons. The number of hydrogen-bond donors (Lipinski definition) is 2. The summed E-state index contributed by atoms with van der Waals surface area (Å²) >= 11 is 0. The van der Waals surface area contributed by atoms with Crippen LogP contribution in [-0.2, 0) is 0 Å². The Morgan fingerprint density at radius 3 is 2.35 bits per heavy atom. The third-order valence-corrected chi connectivity index (χ3v) is 2.78. The predicted molar refractivity (Wildman–Crippen MR) is 69.9 cm³/mol. The van der Waals surface area contributed by atoms with E-state index in [1.807, 2.05) is 12.4 Å². The van der Waals surface area contributed by atoms with Crippen LogP contribution in [-0.4, -0.2) is 9.97 Å². The molecule has 4 nitrogen and oxygen atoms in total. The maximum absolute atomic E-state index is 5.61. The molecule has 0 radical (unpaired) electrons. The first-order valence-corrected chi connectivity index (χ1v) is 6.13. The third kappa shape index (κ3) is 5.24. The van der Waals surface area contributed by atoms with E-state index in [1.54, 1.807) is 0 Å². The Morgan fingerprint density at radius 1 is 1.29 bits per heavy atom. The molecule has 2 atom stereocenters. The van der Waals surface area contributed by atoms with Crippen molar-refractivity contribution < 1.29 is 0 Å². The molecule has 1 rings (SSSR count). The molecule has 0 bridgehead atoms. The summed E-state index contributed by atoms with van der Waals surface area (Å²) < 4.78 is 0. The number of nitrogens with one attached hydrogen (secondary N) is 1. The van der Waals surface area contributed by atoms with Gasteiger partial charge in [0, 0.05) is 24.0 Å². The highest BCUT2D eigenvalue weighted by Gasteiger charge is 2.19. The van der Waals surface area contributed by atoms with E-state index < -0.39 is 0 Å². The topological polar surface area (TPSA) is 63.8 Å². The Bertz CT molecular complexity index is 318. The van der Waals surface area contributed by atoms with Gasteiger partial charge in [0.25, 0.3) is 0 Å². The van der Waals surface area contributed by atoms with Gasteiger partial charge in [0.2, 0.25) is 0 Å². The monoisotopic (exact) mass is 236 g/mol. The van der Waals surface area contributed by atoms with Crippen molar-refractivity contribution in [3.8, 4) is 0 Å². The van der Waals surface area contributed by atoms with E-state index in [4.69, 9.17) is 5.84 Å². The normalized spacial score (nSPS) is 15.6. The summed E-state index contributed by atoms with van der Waals surface area (Å²) in [5.74, 6) is 6.22.